The minimum Gasteiger partial charge on any atom is -0.340 e. The summed E-state index contributed by atoms with van der Waals surface area (Å²) in [5, 5.41) is 3.11. The van der Waals surface area contributed by atoms with E-state index in [4.69, 9.17) is 16.6 Å². The van der Waals surface area contributed by atoms with Gasteiger partial charge < -0.3 is 14.7 Å². The number of imide groups is 1. The van der Waals surface area contributed by atoms with Crippen LogP contribution in [0.15, 0.2) is 53.5 Å². The van der Waals surface area contributed by atoms with Crippen molar-refractivity contribution in [3.05, 3.63) is 70.2 Å². The summed E-state index contributed by atoms with van der Waals surface area (Å²) in [6.45, 7) is 6.83. The summed E-state index contributed by atoms with van der Waals surface area (Å²) < 4.78 is 0. The summed E-state index contributed by atoms with van der Waals surface area (Å²) in [5.74, 6) is 0.429. The average Bonchev–Trinajstić information content (AvgIpc) is 3.21. The number of guanidine groups is 1. The molecule has 178 valence electrons. The molecule has 8 nitrogen and oxygen atoms in total. The van der Waals surface area contributed by atoms with Crippen LogP contribution < -0.4 is 5.32 Å². The number of rotatable bonds is 4. The molecule has 2 fully saturated rings. The van der Waals surface area contributed by atoms with Crippen molar-refractivity contribution in [2.24, 2.45) is 4.99 Å². The minimum atomic E-state index is -0.584. The molecule has 0 spiro atoms. The maximum absolute atomic E-state index is 12.9. The maximum Gasteiger partial charge on any atom is 0.325 e. The van der Waals surface area contributed by atoms with Gasteiger partial charge in [-0.05, 0) is 24.1 Å². The lowest BCUT2D eigenvalue weighted by Gasteiger charge is -2.40. The Hall–Kier alpha value is -3.10. The van der Waals surface area contributed by atoms with Gasteiger partial charge in [-0.3, -0.25) is 15.0 Å². The fourth-order valence-electron chi connectivity index (χ4n) is 4.81. The van der Waals surface area contributed by atoms with Crippen molar-refractivity contribution >= 4 is 29.5 Å². The molecule has 5 rings (SSSR count). The number of fused-ring (bicyclic) bond motifs is 1. The number of nitrogens with one attached hydrogen (secondary N) is 1. The van der Waals surface area contributed by atoms with Gasteiger partial charge in [0.1, 0.15) is 0 Å². The third-order valence-electron chi connectivity index (χ3n) is 6.82. The number of urea groups is 1. The number of benzene rings is 2. The van der Waals surface area contributed by atoms with Crippen molar-refractivity contribution in [3.63, 3.8) is 0 Å². The third kappa shape index (κ3) is 4.35. The molecule has 0 aliphatic carbocycles. The molecular formula is C25H29ClN6O2. The predicted molar refractivity (Wildman–Crippen MR) is 131 cm³/mol. The fourth-order valence-corrected chi connectivity index (χ4v) is 5.01. The number of carbonyl (C=O) groups is 2. The van der Waals surface area contributed by atoms with Gasteiger partial charge in [0.15, 0.2) is 18.2 Å². The van der Waals surface area contributed by atoms with E-state index in [0.717, 1.165) is 44.2 Å². The van der Waals surface area contributed by atoms with E-state index in [-0.39, 0.29) is 5.91 Å². The lowest BCUT2D eigenvalue weighted by molar-refractivity contribution is -0.127. The topological polar surface area (TPSA) is 71.5 Å². The third-order valence-corrected chi connectivity index (χ3v) is 7.19. The number of halogens is 1. The molecule has 0 bridgehead atoms. The van der Waals surface area contributed by atoms with Gasteiger partial charge in [-0.25, -0.2) is 9.79 Å². The number of aryl methyl sites for hydroxylation is 1. The van der Waals surface area contributed by atoms with Crippen molar-refractivity contribution < 1.29 is 9.59 Å². The fraction of sp³-hybridized carbons (Fsp3) is 0.400. The number of hydrogen-bond donors (Lipinski definition) is 1. The average molecular weight is 481 g/mol. The Labute approximate surface area is 204 Å². The van der Waals surface area contributed by atoms with Gasteiger partial charge >= 0.3 is 6.03 Å². The molecular weight excluding hydrogens is 452 g/mol. The SMILES string of the molecule is Cc1ccc(CN2CCN(C3=NC4C(C(=O)NC(=O)N4C)N3Cc3ccccc3Cl)CC2)cc1. The molecule has 3 aliphatic rings. The Kier molecular flexibility index (Phi) is 6.18. The van der Waals surface area contributed by atoms with Crippen molar-refractivity contribution in [2.75, 3.05) is 33.2 Å². The van der Waals surface area contributed by atoms with E-state index in [1.807, 2.05) is 29.2 Å². The second kappa shape index (κ2) is 9.27. The zero-order valence-electron chi connectivity index (χ0n) is 19.4. The molecule has 0 saturated carbocycles. The predicted octanol–water partition coefficient (Wildman–Crippen LogP) is 2.51. The number of aliphatic imine (C=N–C) groups is 1. The first kappa shape index (κ1) is 22.7. The molecule has 3 heterocycles. The highest BCUT2D eigenvalue weighted by molar-refractivity contribution is 6.31. The Balaban J connectivity index is 1.35. The van der Waals surface area contributed by atoms with Gasteiger partial charge in [-0.1, -0.05) is 59.6 Å². The molecule has 3 aliphatic heterocycles. The number of likely N-dealkylation sites (N-methyl/N-ethyl adjacent to an activating group) is 1. The molecule has 0 radical (unpaired) electrons. The standard InChI is InChI=1S/C25H29ClN6O2/c1-17-7-9-18(10-8-17)15-30-11-13-31(14-12-30)24-27-22-21(23(33)28-25(34)29(22)2)32(24)16-19-5-3-4-6-20(19)26/h3-10,21-22H,11-16H2,1-2H3,(H,28,33,34). The first-order chi connectivity index (χ1) is 16.4. The van der Waals surface area contributed by atoms with E-state index in [0.29, 0.717) is 11.6 Å². The lowest BCUT2D eigenvalue weighted by atomic mass is 10.1. The molecule has 2 unspecified atom stereocenters. The molecule has 2 saturated heterocycles. The Morgan fingerprint density at radius 3 is 2.41 bits per heavy atom. The van der Waals surface area contributed by atoms with E-state index in [1.54, 1.807) is 7.05 Å². The van der Waals surface area contributed by atoms with Crippen molar-refractivity contribution in [1.29, 1.82) is 0 Å². The number of hydrogen-bond acceptors (Lipinski definition) is 6. The largest absolute Gasteiger partial charge is 0.340 e. The van der Waals surface area contributed by atoms with E-state index < -0.39 is 18.2 Å². The van der Waals surface area contributed by atoms with E-state index in [2.05, 4.69) is 46.3 Å². The summed E-state index contributed by atoms with van der Waals surface area (Å²) >= 11 is 6.45. The highest BCUT2D eigenvalue weighted by Gasteiger charge is 2.49. The minimum absolute atomic E-state index is 0.322. The Bertz CT molecular complexity index is 1110. The number of nitrogens with zero attached hydrogens (tertiary/aromatic N) is 5. The van der Waals surface area contributed by atoms with Crippen molar-refractivity contribution in [2.45, 2.75) is 32.2 Å². The van der Waals surface area contributed by atoms with Crippen LogP contribution in [0.5, 0.6) is 0 Å². The van der Waals surface area contributed by atoms with E-state index in [9.17, 15) is 9.59 Å². The number of piperazine rings is 1. The summed E-state index contributed by atoms with van der Waals surface area (Å²) in [7, 11) is 1.68. The summed E-state index contributed by atoms with van der Waals surface area (Å²) in [6, 6.07) is 15.3. The van der Waals surface area contributed by atoms with E-state index in [1.165, 1.54) is 16.0 Å². The van der Waals surface area contributed by atoms with Crippen molar-refractivity contribution in [3.8, 4) is 0 Å². The van der Waals surface area contributed by atoms with Crippen molar-refractivity contribution in [1.82, 2.24) is 24.9 Å². The molecule has 1 N–H and O–H groups in total. The quantitative estimate of drug-likeness (QED) is 0.728. The van der Waals surface area contributed by atoms with Crippen LogP contribution >= 0.6 is 11.6 Å². The molecule has 2 aromatic rings. The van der Waals surface area contributed by atoms with Crippen LogP contribution in [0.2, 0.25) is 5.02 Å². The van der Waals surface area contributed by atoms with Crippen LogP contribution in [-0.4, -0.2) is 82.9 Å². The number of amides is 3. The summed E-state index contributed by atoms with van der Waals surface area (Å²) in [5.41, 5.74) is 3.49. The van der Waals surface area contributed by atoms with E-state index >= 15 is 0 Å². The van der Waals surface area contributed by atoms with Crippen LogP contribution in [0.3, 0.4) is 0 Å². The second-order valence-corrected chi connectivity index (χ2v) is 9.57. The Morgan fingerprint density at radius 2 is 1.71 bits per heavy atom. The number of carbonyl (C=O) groups excluding carboxylic acids is 2. The van der Waals surface area contributed by atoms with Gasteiger partial charge in [-0.15, -0.1) is 0 Å². The smallest absolute Gasteiger partial charge is 0.325 e. The van der Waals surface area contributed by atoms with Crippen LogP contribution in [0.25, 0.3) is 0 Å². The van der Waals surface area contributed by atoms with Crippen LogP contribution in [0.1, 0.15) is 16.7 Å². The van der Waals surface area contributed by atoms with Gasteiger partial charge in [0.25, 0.3) is 5.91 Å². The van der Waals surface area contributed by atoms with Gasteiger partial charge in [0.2, 0.25) is 0 Å². The molecule has 2 atom stereocenters. The van der Waals surface area contributed by atoms with Gasteiger partial charge in [0, 0.05) is 51.3 Å². The highest BCUT2D eigenvalue weighted by atomic mass is 35.5. The van der Waals surface area contributed by atoms with Crippen LogP contribution in [0.4, 0.5) is 4.79 Å². The van der Waals surface area contributed by atoms with Crippen LogP contribution in [0, 0.1) is 6.92 Å². The summed E-state index contributed by atoms with van der Waals surface area (Å²) in [6.07, 6.45) is -0.552. The Morgan fingerprint density at radius 1 is 1.00 bits per heavy atom. The van der Waals surface area contributed by atoms with Gasteiger partial charge in [-0.2, -0.15) is 0 Å². The molecule has 3 amide bonds. The monoisotopic (exact) mass is 480 g/mol. The highest BCUT2D eigenvalue weighted by Crippen LogP contribution is 2.29. The second-order valence-electron chi connectivity index (χ2n) is 9.16. The molecule has 2 aromatic carbocycles. The first-order valence-corrected chi connectivity index (χ1v) is 12.0. The lowest BCUT2D eigenvalue weighted by Crippen LogP contribution is -2.64. The zero-order valence-corrected chi connectivity index (χ0v) is 20.2. The van der Waals surface area contributed by atoms with Gasteiger partial charge in [0.05, 0.1) is 0 Å². The molecule has 9 heteroatoms. The molecule has 34 heavy (non-hydrogen) atoms. The maximum atomic E-state index is 12.9. The normalized spacial score (nSPS) is 23.1. The first-order valence-electron chi connectivity index (χ1n) is 11.6. The molecule has 0 aromatic heterocycles. The summed E-state index contributed by atoms with van der Waals surface area (Å²) in [4.78, 5) is 38.2. The van der Waals surface area contributed by atoms with Crippen LogP contribution in [-0.2, 0) is 17.9 Å². The zero-order chi connectivity index (χ0) is 23.8.